The van der Waals surface area contributed by atoms with Crippen LogP contribution in [0.15, 0.2) is 12.1 Å². The molecule has 0 saturated heterocycles. The molecule has 0 aromatic heterocycles. The number of hydrogen-bond acceptors (Lipinski definition) is 6. The highest BCUT2D eigenvalue weighted by Gasteiger charge is 2.32. The van der Waals surface area contributed by atoms with E-state index in [0.717, 1.165) is 16.9 Å². The molecule has 1 unspecified atom stereocenters. The second kappa shape index (κ2) is 12.8. The van der Waals surface area contributed by atoms with Gasteiger partial charge in [0.25, 0.3) is 0 Å². The highest BCUT2D eigenvalue weighted by Crippen LogP contribution is 2.31. The first-order chi connectivity index (χ1) is 13.8. The zero-order valence-electron chi connectivity index (χ0n) is 18.9. The molecule has 1 atom stereocenters. The van der Waals surface area contributed by atoms with E-state index in [2.05, 4.69) is 26.0 Å². The number of benzene rings is 1. The SMILES string of the molecule is CCOCc1cc(C(C)C)cc(COCC)c1OCCOC(=O)C(C)(CC)CO. The van der Waals surface area contributed by atoms with E-state index < -0.39 is 11.4 Å². The van der Waals surface area contributed by atoms with Crippen molar-refractivity contribution in [2.24, 2.45) is 5.41 Å². The smallest absolute Gasteiger partial charge is 0.314 e. The Bertz CT molecular complexity index is 593. The molecule has 0 heterocycles. The van der Waals surface area contributed by atoms with Crippen LogP contribution in [-0.4, -0.2) is 44.1 Å². The van der Waals surface area contributed by atoms with Gasteiger partial charge in [-0.15, -0.1) is 0 Å². The van der Waals surface area contributed by atoms with Crippen LogP contribution in [-0.2, 0) is 32.2 Å². The molecule has 0 aliphatic heterocycles. The second-order valence-corrected chi connectivity index (χ2v) is 7.65. The number of aliphatic hydroxyl groups excluding tert-OH is 1. The number of esters is 1. The van der Waals surface area contributed by atoms with Gasteiger partial charge in [0.2, 0.25) is 0 Å². The molecule has 1 aromatic carbocycles. The first-order valence-corrected chi connectivity index (χ1v) is 10.5. The Morgan fingerprint density at radius 3 is 2.00 bits per heavy atom. The normalized spacial score (nSPS) is 13.4. The molecule has 1 rings (SSSR count). The van der Waals surface area contributed by atoms with E-state index >= 15 is 0 Å². The topological polar surface area (TPSA) is 74.2 Å². The van der Waals surface area contributed by atoms with Crippen molar-refractivity contribution < 1.29 is 28.8 Å². The Balaban J connectivity index is 2.94. The van der Waals surface area contributed by atoms with Crippen molar-refractivity contribution in [2.75, 3.05) is 33.0 Å². The van der Waals surface area contributed by atoms with Crippen molar-refractivity contribution in [3.05, 3.63) is 28.8 Å². The lowest BCUT2D eigenvalue weighted by molar-refractivity contribution is -0.158. The van der Waals surface area contributed by atoms with E-state index in [0.29, 0.717) is 38.8 Å². The third-order valence-corrected chi connectivity index (χ3v) is 5.04. The summed E-state index contributed by atoms with van der Waals surface area (Å²) in [7, 11) is 0. The zero-order chi connectivity index (χ0) is 21.9. The van der Waals surface area contributed by atoms with Gasteiger partial charge in [-0.05, 0) is 50.8 Å². The number of ether oxygens (including phenoxy) is 4. The van der Waals surface area contributed by atoms with Gasteiger partial charge in [0, 0.05) is 24.3 Å². The molecule has 6 nitrogen and oxygen atoms in total. The molecule has 0 aliphatic rings. The molecule has 1 N–H and O–H groups in total. The predicted molar refractivity (Wildman–Crippen MR) is 113 cm³/mol. The Morgan fingerprint density at radius 2 is 1.59 bits per heavy atom. The van der Waals surface area contributed by atoms with Gasteiger partial charge < -0.3 is 24.1 Å². The third-order valence-electron chi connectivity index (χ3n) is 5.04. The molecule has 0 aliphatic carbocycles. The van der Waals surface area contributed by atoms with Crippen LogP contribution in [0.4, 0.5) is 0 Å². The van der Waals surface area contributed by atoms with Crippen molar-refractivity contribution in [2.45, 2.75) is 67.1 Å². The summed E-state index contributed by atoms with van der Waals surface area (Å²) in [6.45, 7) is 14.0. The van der Waals surface area contributed by atoms with E-state index in [9.17, 15) is 9.90 Å². The Labute approximate surface area is 175 Å². The number of aliphatic hydroxyl groups is 1. The predicted octanol–water partition coefficient (Wildman–Crippen LogP) is 4.21. The number of hydrogen-bond donors (Lipinski definition) is 1. The van der Waals surface area contributed by atoms with Crippen LogP contribution in [0, 0.1) is 5.41 Å². The van der Waals surface area contributed by atoms with Crippen LogP contribution >= 0.6 is 0 Å². The first kappa shape index (κ1) is 25.4. The minimum Gasteiger partial charge on any atom is -0.489 e. The first-order valence-electron chi connectivity index (χ1n) is 10.5. The fourth-order valence-corrected chi connectivity index (χ4v) is 2.71. The quantitative estimate of drug-likeness (QED) is 0.366. The molecular weight excluding hydrogens is 372 g/mol. The lowest BCUT2D eigenvalue weighted by Crippen LogP contribution is -2.33. The van der Waals surface area contributed by atoms with Crippen LogP contribution < -0.4 is 4.74 Å². The number of carbonyl (C=O) groups is 1. The van der Waals surface area contributed by atoms with E-state index in [1.807, 2.05) is 20.8 Å². The minimum absolute atomic E-state index is 0.114. The Hall–Kier alpha value is -1.63. The molecule has 0 spiro atoms. The molecule has 0 amide bonds. The second-order valence-electron chi connectivity index (χ2n) is 7.65. The van der Waals surface area contributed by atoms with Crippen molar-refractivity contribution in [3.8, 4) is 5.75 Å². The number of carbonyl (C=O) groups excluding carboxylic acids is 1. The van der Waals surface area contributed by atoms with Crippen molar-refractivity contribution in [1.29, 1.82) is 0 Å². The van der Waals surface area contributed by atoms with Crippen LogP contribution in [0.2, 0.25) is 0 Å². The largest absolute Gasteiger partial charge is 0.489 e. The summed E-state index contributed by atoms with van der Waals surface area (Å²) in [4.78, 5) is 12.2. The minimum atomic E-state index is -0.876. The van der Waals surface area contributed by atoms with Crippen molar-refractivity contribution in [3.63, 3.8) is 0 Å². The molecule has 29 heavy (non-hydrogen) atoms. The van der Waals surface area contributed by atoms with E-state index in [-0.39, 0.29) is 19.8 Å². The summed E-state index contributed by atoms with van der Waals surface area (Å²) in [6.07, 6.45) is 0.511. The molecule has 1 aromatic rings. The Morgan fingerprint density at radius 1 is 1.03 bits per heavy atom. The van der Waals surface area contributed by atoms with Gasteiger partial charge in [0.1, 0.15) is 19.0 Å². The summed E-state index contributed by atoms with van der Waals surface area (Å²) < 4.78 is 22.6. The summed E-state index contributed by atoms with van der Waals surface area (Å²) >= 11 is 0. The highest BCUT2D eigenvalue weighted by atomic mass is 16.6. The summed E-state index contributed by atoms with van der Waals surface area (Å²) in [5.41, 5.74) is 2.26. The zero-order valence-corrected chi connectivity index (χ0v) is 18.9. The average Bonchev–Trinajstić information content (AvgIpc) is 2.73. The molecule has 0 bridgehead atoms. The van der Waals surface area contributed by atoms with Gasteiger partial charge in [-0.2, -0.15) is 0 Å². The molecule has 166 valence electrons. The molecule has 0 saturated carbocycles. The van der Waals surface area contributed by atoms with Gasteiger partial charge in [-0.3, -0.25) is 4.79 Å². The van der Waals surface area contributed by atoms with Gasteiger partial charge in [-0.25, -0.2) is 0 Å². The molecule has 0 radical (unpaired) electrons. The lowest BCUT2D eigenvalue weighted by atomic mass is 9.89. The summed E-state index contributed by atoms with van der Waals surface area (Å²) in [5.74, 6) is 0.689. The fraction of sp³-hybridized carbons (Fsp3) is 0.696. The average molecular weight is 411 g/mol. The summed E-state index contributed by atoms with van der Waals surface area (Å²) in [5, 5.41) is 9.44. The molecule has 0 fully saturated rings. The number of rotatable bonds is 14. The van der Waals surface area contributed by atoms with E-state index in [4.69, 9.17) is 18.9 Å². The maximum Gasteiger partial charge on any atom is 0.314 e. The van der Waals surface area contributed by atoms with Gasteiger partial charge in [0.05, 0.1) is 25.2 Å². The molecule has 6 heteroatoms. The standard InChI is InChI=1S/C23H38O6/c1-7-23(6,16-24)22(25)29-11-10-28-21-19(14-26-8-2)12-18(17(4)5)13-20(21)15-27-9-3/h12-13,17,24H,7-11,14-16H2,1-6H3. The molecular formula is C23H38O6. The van der Waals surface area contributed by atoms with Gasteiger partial charge >= 0.3 is 5.97 Å². The van der Waals surface area contributed by atoms with Gasteiger partial charge in [0.15, 0.2) is 0 Å². The fourth-order valence-electron chi connectivity index (χ4n) is 2.71. The maximum atomic E-state index is 12.2. The summed E-state index contributed by atoms with van der Waals surface area (Å²) in [6, 6.07) is 4.22. The highest BCUT2D eigenvalue weighted by molar-refractivity contribution is 5.76. The van der Waals surface area contributed by atoms with Gasteiger partial charge in [-0.1, -0.05) is 20.8 Å². The van der Waals surface area contributed by atoms with E-state index in [1.165, 1.54) is 5.56 Å². The maximum absolute atomic E-state index is 12.2. The van der Waals surface area contributed by atoms with Crippen molar-refractivity contribution >= 4 is 5.97 Å². The van der Waals surface area contributed by atoms with Crippen LogP contribution in [0.5, 0.6) is 5.75 Å². The Kier molecular flexibility index (Phi) is 11.2. The lowest BCUT2D eigenvalue weighted by Gasteiger charge is -2.23. The monoisotopic (exact) mass is 410 g/mol. The van der Waals surface area contributed by atoms with Crippen LogP contribution in [0.3, 0.4) is 0 Å². The van der Waals surface area contributed by atoms with Crippen molar-refractivity contribution in [1.82, 2.24) is 0 Å². The van der Waals surface area contributed by atoms with Crippen LogP contribution in [0.25, 0.3) is 0 Å². The van der Waals surface area contributed by atoms with Crippen LogP contribution in [0.1, 0.15) is 70.6 Å². The van der Waals surface area contributed by atoms with E-state index in [1.54, 1.807) is 6.92 Å². The third kappa shape index (κ3) is 7.61.